The normalized spacial score (nSPS) is 10.9. The summed E-state index contributed by atoms with van der Waals surface area (Å²) in [5.74, 6) is 1.27. The molecule has 2 aromatic heterocycles. The van der Waals surface area contributed by atoms with Gasteiger partial charge >= 0.3 is 0 Å². The summed E-state index contributed by atoms with van der Waals surface area (Å²) in [5.41, 5.74) is 8.32. The zero-order valence-corrected chi connectivity index (χ0v) is 9.69. The van der Waals surface area contributed by atoms with Gasteiger partial charge in [-0.15, -0.1) is 0 Å². The smallest absolute Gasteiger partial charge is 0.226 e. The van der Waals surface area contributed by atoms with Gasteiger partial charge in [0, 0.05) is 6.42 Å². The highest BCUT2D eigenvalue weighted by Crippen LogP contribution is 2.15. The molecule has 6 nitrogen and oxygen atoms in total. The van der Waals surface area contributed by atoms with Gasteiger partial charge in [-0.1, -0.05) is 12.1 Å². The van der Waals surface area contributed by atoms with E-state index in [0.717, 1.165) is 23.5 Å². The lowest BCUT2D eigenvalue weighted by Crippen LogP contribution is -2.05. The lowest BCUT2D eigenvalue weighted by molar-refractivity contribution is 0.374. The third-order valence-electron chi connectivity index (χ3n) is 2.54. The van der Waals surface area contributed by atoms with E-state index in [1.807, 2.05) is 20.8 Å². The number of aryl methyl sites for hydroxylation is 2. The van der Waals surface area contributed by atoms with Crippen LogP contribution in [0.2, 0.25) is 0 Å². The van der Waals surface area contributed by atoms with Gasteiger partial charge in [0.05, 0.1) is 17.1 Å². The topological polar surface area (TPSA) is 82.8 Å². The largest absolute Gasteiger partial charge is 0.396 e. The first-order valence-electron chi connectivity index (χ1n) is 5.22. The predicted octanol–water partition coefficient (Wildman–Crippen LogP) is 1.08. The third-order valence-corrected chi connectivity index (χ3v) is 2.54. The van der Waals surface area contributed by atoms with Crippen molar-refractivity contribution in [3.05, 3.63) is 23.1 Å². The quantitative estimate of drug-likeness (QED) is 0.838. The highest BCUT2D eigenvalue weighted by molar-refractivity contribution is 5.46. The molecule has 0 aliphatic heterocycles. The molecule has 0 unspecified atom stereocenters. The van der Waals surface area contributed by atoms with Gasteiger partial charge in [0.1, 0.15) is 6.54 Å². The van der Waals surface area contributed by atoms with Crippen LogP contribution in [-0.2, 0) is 13.0 Å². The fourth-order valence-corrected chi connectivity index (χ4v) is 1.50. The van der Waals surface area contributed by atoms with E-state index in [1.165, 1.54) is 0 Å². The van der Waals surface area contributed by atoms with Gasteiger partial charge in [-0.2, -0.15) is 10.1 Å². The summed E-state index contributed by atoms with van der Waals surface area (Å²) in [6.07, 6.45) is 0.742. The van der Waals surface area contributed by atoms with Crippen molar-refractivity contribution in [3.8, 4) is 0 Å². The fourth-order valence-electron chi connectivity index (χ4n) is 1.50. The number of nitrogens with zero attached hydrogens (tertiary/aromatic N) is 4. The maximum absolute atomic E-state index is 5.84. The first-order chi connectivity index (χ1) is 7.61. The molecule has 2 aromatic rings. The van der Waals surface area contributed by atoms with Gasteiger partial charge in [0.25, 0.3) is 0 Å². The van der Waals surface area contributed by atoms with Gasteiger partial charge in [-0.05, 0) is 13.8 Å². The van der Waals surface area contributed by atoms with Crippen LogP contribution in [0.1, 0.15) is 30.0 Å². The molecule has 0 aliphatic carbocycles. The van der Waals surface area contributed by atoms with Crippen molar-refractivity contribution in [2.75, 3.05) is 5.73 Å². The minimum absolute atomic E-state index is 0.493. The van der Waals surface area contributed by atoms with Crippen LogP contribution in [-0.4, -0.2) is 19.9 Å². The second kappa shape index (κ2) is 3.96. The molecular weight excluding hydrogens is 206 g/mol. The number of aromatic nitrogens is 4. The summed E-state index contributed by atoms with van der Waals surface area (Å²) in [7, 11) is 0. The SMILES string of the molecule is CCc1nc(Cn2nc(C)c(N)c2C)no1. The van der Waals surface area contributed by atoms with Crippen LogP contribution in [0.3, 0.4) is 0 Å². The molecule has 0 bridgehead atoms. The predicted molar refractivity (Wildman–Crippen MR) is 58.9 cm³/mol. The minimum Gasteiger partial charge on any atom is -0.396 e. The molecule has 2 rings (SSSR count). The van der Waals surface area contributed by atoms with Crippen LogP contribution in [0.5, 0.6) is 0 Å². The van der Waals surface area contributed by atoms with Crippen molar-refractivity contribution in [1.29, 1.82) is 0 Å². The fraction of sp³-hybridized carbons (Fsp3) is 0.500. The Morgan fingerprint density at radius 1 is 1.38 bits per heavy atom. The van der Waals surface area contributed by atoms with Crippen LogP contribution in [0.15, 0.2) is 4.52 Å². The van der Waals surface area contributed by atoms with Crippen LogP contribution < -0.4 is 5.73 Å². The first-order valence-corrected chi connectivity index (χ1v) is 5.22. The van der Waals surface area contributed by atoms with Crippen molar-refractivity contribution in [2.45, 2.75) is 33.7 Å². The number of nitrogens with two attached hydrogens (primary N) is 1. The number of hydrogen-bond donors (Lipinski definition) is 1. The number of anilines is 1. The number of rotatable bonds is 3. The Hall–Kier alpha value is -1.85. The van der Waals surface area contributed by atoms with Crippen LogP contribution >= 0.6 is 0 Å². The molecule has 0 fully saturated rings. The Balaban J connectivity index is 2.23. The Labute approximate surface area is 93.4 Å². The molecule has 0 aromatic carbocycles. The molecule has 0 atom stereocenters. The molecule has 2 N–H and O–H groups in total. The summed E-state index contributed by atoms with van der Waals surface area (Å²) in [6, 6.07) is 0. The summed E-state index contributed by atoms with van der Waals surface area (Å²) < 4.78 is 6.82. The maximum atomic E-state index is 5.84. The Kier molecular flexibility index (Phi) is 2.64. The van der Waals surface area contributed by atoms with Crippen LogP contribution in [0.4, 0.5) is 5.69 Å². The summed E-state index contributed by atoms with van der Waals surface area (Å²) in [5, 5.41) is 8.18. The van der Waals surface area contributed by atoms with E-state index in [0.29, 0.717) is 18.3 Å². The van der Waals surface area contributed by atoms with Crippen molar-refractivity contribution < 1.29 is 4.52 Å². The second-order valence-corrected chi connectivity index (χ2v) is 3.70. The number of nitrogen functional groups attached to an aromatic ring is 1. The molecule has 0 saturated carbocycles. The molecule has 2 heterocycles. The molecule has 0 spiro atoms. The van der Waals surface area contributed by atoms with Crippen molar-refractivity contribution >= 4 is 5.69 Å². The van der Waals surface area contributed by atoms with E-state index in [1.54, 1.807) is 4.68 Å². The summed E-state index contributed by atoms with van der Waals surface area (Å²) in [4.78, 5) is 4.22. The lowest BCUT2D eigenvalue weighted by atomic mass is 10.3. The Morgan fingerprint density at radius 2 is 2.12 bits per heavy atom. The van der Waals surface area contributed by atoms with Crippen molar-refractivity contribution in [2.24, 2.45) is 0 Å². The molecule has 6 heteroatoms. The molecule has 0 aliphatic rings. The Morgan fingerprint density at radius 3 is 2.62 bits per heavy atom. The molecule has 16 heavy (non-hydrogen) atoms. The maximum Gasteiger partial charge on any atom is 0.226 e. The molecule has 0 saturated heterocycles. The molecule has 0 amide bonds. The zero-order valence-electron chi connectivity index (χ0n) is 9.69. The van der Waals surface area contributed by atoms with E-state index >= 15 is 0 Å². The van der Waals surface area contributed by atoms with Gasteiger partial charge in [-0.25, -0.2) is 0 Å². The average molecular weight is 221 g/mol. The first kappa shape index (κ1) is 10.7. The molecular formula is C10H15N5O. The van der Waals surface area contributed by atoms with Crippen molar-refractivity contribution in [1.82, 2.24) is 19.9 Å². The second-order valence-electron chi connectivity index (χ2n) is 3.70. The molecule has 0 radical (unpaired) electrons. The molecule has 86 valence electrons. The Bertz CT molecular complexity index is 499. The minimum atomic E-state index is 0.493. The monoisotopic (exact) mass is 221 g/mol. The van der Waals surface area contributed by atoms with Crippen molar-refractivity contribution in [3.63, 3.8) is 0 Å². The van der Waals surface area contributed by atoms with Gasteiger partial charge in [-0.3, -0.25) is 4.68 Å². The highest BCUT2D eigenvalue weighted by atomic mass is 16.5. The lowest BCUT2D eigenvalue weighted by Gasteiger charge is -1.99. The van der Waals surface area contributed by atoms with Gasteiger partial charge in [0.15, 0.2) is 5.82 Å². The van der Waals surface area contributed by atoms with E-state index in [4.69, 9.17) is 10.3 Å². The van der Waals surface area contributed by atoms with E-state index in [9.17, 15) is 0 Å². The zero-order chi connectivity index (χ0) is 11.7. The van der Waals surface area contributed by atoms with E-state index in [2.05, 4.69) is 15.2 Å². The number of hydrogen-bond acceptors (Lipinski definition) is 5. The third kappa shape index (κ3) is 1.78. The van der Waals surface area contributed by atoms with Gasteiger partial charge in [0.2, 0.25) is 5.89 Å². The standard InChI is InChI=1S/C10H15N5O/c1-4-9-12-8(14-16-9)5-15-7(3)10(11)6(2)13-15/h4-5,11H2,1-3H3. The highest BCUT2D eigenvalue weighted by Gasteiger charge is 2.11. The van der Waals surface area contributed by atoms with E-state index < -0.39 is 0 Å². The summed E-state index contributed by atoms with van der Waals surface area (Å²) in [6.45, 7) is 6.27. The van der Waals surface area contributed by atoms with Crippen LogP contribution in [0, 0.1) is 13.8 Å². The van der Waals surface area contributed by atoms with Gasteiger partial charge < -0.3 is 10.3 Å². The average Bonchev–Trinajstić information content (AvgIpc) is 2.81. The summed E-state index contributed by atoms with van der Waals surface area (Å²) >= 11 is 0. The van der Waals surface area contributed by atoms with E-state index in [-0.39, 0.29) is 0 Å². The van der Waals surface area contributed by atoms with Crippen LogP contribution in [0.25, 0.3) is 0 Å².